The third kappa shape index (κ3) is 3.63. The van der Waals surface area contributed by atoms with Gasteiger partial charge in [-0.05, 0) is 37.0 Å². The molecule has 5 heteroatoms. The van der Waals surface area contributed by atoms with Crippen LogP contribution in [0.3, 0.4) is 0 Å². The fraction of sp³-hybridized carbons (Fsp3) is 0.318. The van der Waals surface area contributed by atoms with Gasteiger partial charge in [0.2, 0.25) is 5.91 Å². The number of aromatic nitrogens is 2. The standard InChI is InChI=1S/C22H23N3O2/c26-21(25-15-6-12-20(25)17-8-2-1-3-9-17)13-7-14-24-16-23-19-11-5-4-10-18(19)22(24)27/h1-5,8-11,16,20H,6-7,12-15H2/t20-/m1/s1. The molecule has 1 aliphatic rings. The number of benzene rings is 2. The van der Waals surface area contributed by atoms with E-state index in [1.54, 1.807) is 17.0 Å². The van der Waals surface area contributed by atoms with Crippen molar-refractivity contribution in [2.24, 2.45) is 0 Å². The van der Waals surface area contributed by atoms with E-state index in [1.165, 1.54) is 5.56 Å². The third-order valence-corrected chi connectivity index (χ3v) is 5.28. The van der Waals surface area contributed by atoms with Crippen molar-refractivity contribution in [1.29, 1.82) is 0 Å². The number of para-hydroxylation sites is 1. The lowest BCUT2D eigenvalue weighted by Gasteiger charge is -2.25. The van der Waals surface area contributed by atoms with Gasteiger partial charge in [-0.3, -0.25) is 14.2 Å². The van der Waals surface area contributed by atoms with Crippen LogP contribution in [0.5, 0.6) is 0 Å². The van der Waals surface area contributed by atoms with E-state index >= 15 is 0 Å². The number of hydrogen-bond acceptors (Lipinski definition) is 3. The summed E-state index contributed by atoms with van der Waals surface area (Å²) in [5.41, 5.74) is 1.87. The summed E-state index contributed by atoms with van der Waals surface area (Å²) >= 11 is 0. The smallest absolute Gasteiger partial charge is 0.261 e. The van der Waals surface area contributed by atoms with Crippen LogP contribution in [0.2, 0.25) is 0 Å². The first-order valence-electron chi connectivity index (χ1n) is 9.52. The maximum Gasteiger partial charge on any atom is 0.261 e. The Morgan fingerprint density at radius 3 is 2.70 bits per heavy atom. The minimum Gasteiger partial charge on any atom is -0.336 e. The van der Waals surface area contributed by atoms with Crippen LogP contribution in [0, 0.1) is 0 Å². The van der Waals surface area contributed by atoms with Crippen LogP contribution in [-0.2, 0) is 11.3 Å². The quantitative estimate of drug-likeness (QED) is 0.698. The van der Waals surface area contributed by atoms with Gasteiger partial charge in [0.15, 0.2) is 0 Å². The summed E-state index contributed by atoms with van der Waals surface area (Å²) in [4.78, 5) is 31.6. The predicted octanol–water partition coefficient (Wildman–Crippen LogP) is 3.54. The van der Waals surface area contributed by atoms with Gasteiger partial charge >= 0.3 is 0 Å². The maximum absolute atomic E-state index is 12.7. The Hall–Kier alpha value is -2.95. The molecular weight excluding hydrogens is 338 g/mol. The molecular formula is C22H23N3O2. The number of amides is 1. The van der Waals surface area contributed by atoms with Crippen molar-refractivity contribution >= 4 is 16.8 Å². The topological polar surface area (TPSA) is 55.2 Å². The Bertz CT molecular complexity index is 997. The van der Waals surface area contributed by atoms with Gasteiger partial charge in [-0.25, -0.2) is 4.98 Å². The number of rotatable bonds is 5. The molecule has 0 saturated carbocycles. The first-order valence-corrected chi connectivity index (χ1v) is 9.52. The highest BCUT2D eigenvalue weighted by atomic mass is 16.2. The highest BCUT2D eigenvalue weighted by Gasteiger charge is 2.29. The number of nitrogens with zero attached hydrogens (tertiary/aromatic N) is 3. The SMILES string of the molecule is O=C(CCCn1cnc2ccccc2c1=O)N1CCC[C@@H]1c1ccccc1. The Balaban J connectivity index is 1.40. The first kappa shape index (κ1) is 17.5. The van der Waals surface area contributed by atoms with Gasteiger partial charge in [0.05, 0.1) is 23.3 Å². The molecule has 0 spiro atoms. The van der Waals surface area contributed by atoms with Crippen molar-refractivity contribution in [3.05, 3.63) is 76.8 Å². The summed E-state index contributed by atoms with van der Waals surface area (Å²) < 4.78 is 1.61. The van der Waals surface area contributed by atoms with Gasteiger partial charge in [0.25, 0.3) is 5.56 Å². The van der Waals surface area contributed by atoms with Gasteiger partial charge in [0.1, 0.15) is 0 Å². The molecule has 0 radical (unpaired) electrons. The number of hydrogen-bond donors (Lipinski definition) is 0. The van der Waals surface area contributed by atoms with E-state index < -0.39 is 0 Å². The van der Waals surface area contributed by atoms with E-state index in [9.17, 15) is 9.59 Å². The molecule has 0 aliphatic carbocycles. The summed E-state index contributed by atoms with van der Waals surface area (Å²) in [6, 6.07) is 17.8. The highest BCUT2D eigenvalue weighted by Crippen LogP contribution is 2.32. The van der Waals surface area contributed by atoms with Gasteiger partial charge in [-0.1, -0.05) is 42.5 Å². The molecule has 5 nitrogen and oxygen atoms in total. The summed E-state index contributed by atoms with van der Waals surface area (Å²) in [6.07, 6.45) is 4.72. The normalized spacial score (nSPS) is 16.7. The highest BCUT2D eigenvalue weighted by molar-refractivity contribution is 5.77. The van der Waals surface area contributed by atoms with Crippen LogP contribution in [0.25, 0.3) is 10.9 Å². The van der Waals surface area contributed by atoms with Crippen LogP contribution < -0.4 is 5.56 Å². The molecule has 1 atom stereocenters. The van der Waals surface area contributed by atoms with Crippen LogP contribution in [-0.4, -0.2) is 26.9 Å². The second-order valence-electron chi connectivity index (χ2n) is 7.02. The van der Waals surface area contributed by atoms with Crippen molar-refractivity contribution < 1.29 is 4.79 Å². The number of likely N-dealkylation sites (tertiary alicyclic amines) is 1. The molecule has 0 unspecified atom stereocenters. The molecule has 3 aromatic rings. The molecule has 0 N–H and O–H groups in total. The van der Waals surface area contributed by atoms with Gasteiger partial charge in [0, 0.05) is 19.5 Å². The molecule has 2 heterocycles. The third-order valence-electron chi connectivity index (χ3n) is 5.28. The van der Waals surface area contributed by atoms with E-state index in [-0.39, 0.29) is 17.5 Å². The maximum atomic E-state index is 12.7. The van der Waals surface area contributed by atoms with Crippen LogP contribution >= 0.6 is 0 Å². The minimum absolute atomic E-state index is 0.0450. The van der Waals surface area contributed by atoms with Crippen molar-refractivity contribution in [1.82, 2.24) is 14.5 Å². The van der Waals surface area contributed by atoms with Gasteiger partial charge in [-0.15, -0.1) is 0 Å². The van der Waals surface area contributed by atoms with Gasteiger partial charge in [-0.2, -0.15) is 0 Å². The number of fused-ring (bicyclic) bond motifs is 1. The zero-order chi connectivity index (χ0) is 18.6. The molecule has 4 rings (SSSR count). The molecule has 1 fully saturated rings. The summed E-state index contributed by atoms with van der Waals surface area (Å²) in [6.45, 7) is 1.32. The van der Waals surface area contributed by atoms with Crippen LogP contribution in [0.1, 0.15) is 37.3 Å². The Labute approximate surface area is 158 Å². The molecule has 1 amide bonds. The molecule has 0 bridgehead atoms. The molecule has 1 aliphatic heterocycles. The van der Waals surface area contributed by atoms with E-state index in [0.717, 1.165) is 19.4 Å². The lowest BCUT2D eigenvalue weighted by molar-refractivity contribution is -0.132. The van der Waals surface area contributed by atoms with Crippen molar-refractivity contribution in [2.75, 3.05) is 6.54 Å². The second kappa shape index (κ2) is 7.74. The molecule has 1 saturated heterocycles. The van der Waals surface area contributed by atoms with E-state index in [1.807, 2.05) is 41.3 Å². The summed E-state index contributed by atoms with van der Waals surface area (Å²) in [5, 5.41) is 0.620. The summed E-state index contributed by atoms with van der Waals surface area (Å²) in [7, 11) is 0. The lowest BCUT2D eigenvalue weighted by Crippen LogP contribution is -2.30. The second-order valence-corrected chi connectivity index (χ2v) is 7.02. The van der Waals surface area contributed by atoms with Gasteiger partial charge < -0.3 is 4.90 Å². The van der Waals surface area contributed by atoms with E-state index in [4.69, 9.17) is 0 Å². The summed E-state index contributed by atoms with van der Waals surface area (Å²) in [5.74, 6) is 0.170. The first-order chi connectivity index (χ1) is 13.2. The molecule has 138 valence electrons. The van der Waals surface area contributed by atoms with E-state index in [2.05, 4.69) is 17.1 Å². The zero-order valence-electron chi connectivity index (χ0n) is 15.3. The lowest BCUT2D eigenvalue weighted by atomic mass is 10.0. The predicted molar refractivity (Wildman–Crippen MR) is 105 cm³/mol. The Kier molecular flexibility index (Phi) is 5.01. The Morgan fingerprint density at radius 2 is 1.85 bits per heavy atom. The number of carbonyl (C=O) groups excluding carboxylic acids is 1. The monoisotopic (exact) mass is 361 g/mol. The average molecular weight is 361 g/mol. The zero-order valence-corrected chi connectivity index (χ0v) is 15.3. The Morgan fingerprint density at radius 1 is 1.07 bits per heavy atom. The largest absolute Gasteiger partial charge is 0.336 e. The minimum atomic E-state index is -0.0450. The van der Waals surface area contributed by atoms with Crippen molar-refractivity contribution in [2.45, 2.75) is 38.3 Å². The fourth-order valence-electron chi connectivity index (χ4n) is 3.90. The van der Waals surface area contributed by atoms with Crippen LogP contribution in [0.4, 0.5) is 0 Å². The van der Waals surface area contributed by atoms with Crippen molar-refractivity contribution in [3.8, 4) is 0 Å². The number of carbonyl (C=O) groups is 1. The van der Waals surface area contributed by atoms with Crippen molar-refractivity contribution in [3.63, 3.8) is 0 Å². The fourth-order valence-corrected chi connectivity index (χ4v) is 3.90. The molecule has 27 heavy (non-hydrogen) atoms. The average Bonchev–Trinajstić information content (AvgIpc) is 3.20. The van der Waals surface area contributed by atoms with Crippen LogP contribution in [0.15, 0.2) is 65.7 Å². The molecule has 1 aromatic heterocycles. The van der Waals surface area contributed by atoms with E-state index in [0.29, 0.717) is 30.3 Å². The number of aryl methyl sites for hydroxylation is 1. The molecule has 2 aromatic carbocycles.